The van der Waals surface area contributed by atoms with E-state index in [2.05, 4.69) is 5.16 Å². The first-order valence-electron chi connectivity index (χ1n) is 10.9. The van der Waals surface area contributed by atoms with Crippen LogP contribution in [0.1, 0.15) is 42.5 Å². The molecule has 0 fully saturated rings. The molecule has 0 aliphatic heterocycles. The van der Waals surface area contributed by atoms with E-state index < -0.39 is 10.9 Å². The predicted octanol–water partition coefficient (Wildman–Crippen LogP) is 6.75. The Hall–Kier alpha value is -4.32. The molecule has 0 aromatic heterocycles. The largest absolute Gasteiger partial charge is 0.334 e. The van der Waals surface area contributed by atoms with Gasteiger partial charge in [0.05, 0.1) is 4.92 Å². The second-order valence-corrected chi connectivity index (χ2v) is 7.67. The van der Waals surface area contributed by atoms with E-state index in [9.17, 15) is 14.9 Å². The Bertz CT molecular complexity index is 1260. The Morgan fingerprint density at radius 3 is 2.21 bits per heavy atom. The van der Waals surface area contributed by atoms with Gasteiger partial charge in [-0.2, -0.15) is 0 Å². The standard InChI is InChI=1S/C28H26N2O4/c1-4-27(31)34-29-28(23-11-6-5-7-12-23)26(25-13-9-8-10-21(25)3)19-14-20(2)22-15-17-24(18-16-22)30(32)33/h5-19H,4H2,1-3H3/b20-14-,26-19+,29-28+. The zero-order valence-corrected chi connectivity index (χ0v) is 19.4. The topological polar surface area (TPSA) is 81.8 Å². The van der Waals surface area contributed by atoms with Crippen molar-refractivity contribution < 1.29 is 14.6 Å². The van der Waals surface area contributed by atoms with Crippen molar-refractivity contribution in [2.45, 2.75) is 27.2 Å². The average Bonchev–Trinajstić information content (AvgIpc) is 2.86. The summed E-state index contributed by atoms with van der Waals surface area (Å²) in [6.45, 7) is 5.66. The maximum absolute atomic E-state index is 11.9. The summed E-state index contributed by atoms with van der Waals surface area (Å²) < 4.78 is 0. The third-order valence-corrected chi connectivity index (χ3v) is 5.30. The Labute approximate surface area is 199 Å². The minimum atomic E-state index is -0.421. The summed E-state index contributed by atoms with van der Waals surface area (Å²) in [6.07, 6.45) is 4.09. The van der Waals surface area contributed by atoms with Crippen molar-refractivity contribution in [2.24, 2.45) is 5.16 Å². The molecule has 3 rings (SSSR count). The van der Waals surface area contributed by atoms with Crippen molar-refractivity contribution in [1.29, 1.82) is 0 Å². The lowest BCUT2D eigenvalue weighted by Gasteiger charge is -2.14. The molecule has 3 aromatic rings. The monoisotopic (exact) mass is 454 g/mol. The van der Waals surface area contributed by atoms with Crippen LogP contribution in [0.5, 0.6) is 0 Å². The number of nitrogens with zero attached hydrogens (tertiary/aromatic N) is 2. The summed E-state index contributed by atoms with van der Waals surface area (Å²) in [4.78, 5) is 27.6. The number of non-ortho nitro benzene ring substituents is 1. The van der Waals surface area contributed by atoms with E-state index >= 15 is 0 Å². The average molecular weight is 455 g/mol. The number of hydrogen-bond acceptors (Lipinski definition) is 5. The molecule has 6 heteroatoms. The first-order chi connectivity index (χ1) is 16.4. The molecule has 0 unspecified atom stereocenters. The van der Waals surface area contributed by atoms with Crippen molar-refractivity contribution in [3.8, 4) is 0 Å². The zero-order chi connectivity index (χ0) is 24.5. The predicted molar refractivity (Wildman–Crippen MR) is 135 cm³/mol. The highest BCUT2D eigenvalue weighted by molar-refractivity contribution is 6.32. The van der Waals surface area contributed by atoms with E-state index in [0.717, 1.165) is 33.4 Å². The number of rotatable bonds is 8. The quantitative estimate of drug-likeness (QED) is 0.124. The molecule has 6 nitrogen and oxygen atoms in total. The molecule has 0 saturated heterocycles. The summed E-state index contributed by atoms with van der Waals surface area (Å²) in [5, 5.41) is 15.2. The minimum absolute atomic E-state index is 0.0453. The van der Waals surface area contributed by atoms with Gasteiger partial charge in [0.25, 0.3) is 5.69 Å². The van der Waals surface area contributed by atoms with Gasteiger partial charge in [-0.15, -0.1) is 0 Å². The molecule has 0 saturated carbocycles. The van der Waals surface area contributed by atoms with E-state index in [1.807, 2.05) is 80.6 Å². The van der Waals surface area contributed by atoms with Crippen LogP contribution in [0.15, 0.2) is 96.2 Å². The maximum Gasteiger partial charge on any atom is 0.334 e. The molecule has 3 aromatic carbocycles. The molecule has 0 heterocycles. The Balaban J connectivity index is 2.14. The van der Waals surface area contributed by atoms with Crippen LogP contribution in [-0.2, 0) is 9.63 Å². The van der Waals surface area contributed by atoms with Crippen LogP contribution in [0.25, 0.3) is 11.1 Å². The molecule has 0 atom stereocenters. The summed E-state index contributed by atoms with van der Waals surface area (Å²) in [5.41, 5.74) is 5.94. The fraction of sp³-hybridized carbons (Fsp3) is 0.143. The van der Waals surface area contributed by atoms with Gasteiger partial charge in [0.1, 0.15) is 5.71 Å². The van der Waals surface area contributed by atoms with E-state index in [1.54, 1.807) is 19.1 Å². The van der Waals surface area contributed by atoms with Crippen molar-refractivity contribution in [1.82, 2.24) is 0 Å². The molecular weight excluding hydrogens is 428 g/mol. The van der Waals surface area contributed by atoms with E-state index in [1.165, 1.54) is 12.1 Å². The number of benzene rings is 3. The van der Waals surface area contributed by atoms with E-state index in [-0.39, 0.29) is 12.1 Å². The van der Waals surface area contributed by atoms with Gasteiger partial charge in [-0.1, -0.05) is 78.8 Å². The summed E-state index contributed by atoms with van der Waals surface area (Å²) in [5.74, 6) is -0.421. The highest BCUT2D eigenvalue weighted by Gasteiger charge is 2.16. The number of nitro benzene ring substituents is 1. The van der Waals surface area contributed by atoms with Crippen LogP contribution >= 0.6 is 0 Å². The van der Waals surface area contributed by atoms with Crippen LogP contribution < -0.4 is 0 Å². The van der Waals surface area contributed by atoms with Crippen LogP contribution in [0, 0.1) is 17.0 Å². The number of allylic oxidation sites excluding steroid dienone is 4. The van der Waals surface area contributed by atoms with Crippen LogP contribution in [0.4, 0.5) is 5.69 Å². The van der Waals surface area contributed by atoms with Crippen LogP contribution in [0.3, 0.4) is 0 Å². The third kappa shape index (κ3) is 6.13. The smallest absolute Gasteiger partial charge is 0.318 e. The second-order valence-electron chi connectivity index (χ2n) is 7.67. The van der Waals surface area contributed by atoms with Gasteiger partial charge in [-0.25, -0.2) is 4.79 Å². The summed E-state index contributed by atoms with van der Waals surface area (Å²) in [6, 6.07) is 23.9. The summed E-state index contributed by atoms with van der Waals surface area (Å²) in [7, 11) is 0. The molecule has 0 spiro atoms. The molecule has 0 aliphatic carbocycles. The third-order valence-electron chi connectivity index (χ3n) is 5.30. The number of hydrogen-bond donors (Lipinski definition) is 0. The van der Waals surface area contributed by atoms with Gasteiger partial charge < -0.3 is 4.84 Å². The molecule has 0 aliphatic rings. The lowest BCUT2D eigenvalue weighted by Crippen LogP contribution is -2.09. The van der Waals surface area contributed by atoms with Gasteiger partial charge in [-0.05, 0) is 48.2 Å². The Morgan fingerprint density at radius 2 is 1.59 bits per heavy atom. The molecular formula is C28H26N2O4. The van der Waals surface area contributed by atoms with Crippen LogP contribution in [-0.4, -0.2) is 16.6 Å². The first kappa shape index (κ1) is 24.3. The number of aryl methyl sites for hydroxylation is 1. The van der Waals surface area contributed by atoms with Crippen molar-refractivity contribution >= 4 is 28.5 Å². The van der Waals surface area contributed by atoms with Gasteiger partial charge in [0.15, 0.2) is 0 Å². The van der Waals surface area contributed by atoms with Crippen molar-refractivity contribution in [2.75, 3.05) is 0 Å². The highest BCUT2D eigenvalue weighted by Crippen LogP contribution is 2.26. The number of nitro groups is 1. The first-order valence-corrected chi connectivity index (χ1v) is 10.9. The lowest BCUT2D eigenvalue weighted by atomic mass is 9.92. The Kier molecular flexibility index (Phi) is 8.24. The maximum atomic E-state index is 11.9. The van der Waals surface area contributed by atoms with Gasteiger partial charge in [-0.3, -0.25) is 10.1 Å². The normalized spacial score (nSPS) is 12.4. The highest BCUT2D eigenvalue weighted by atomic mass is 16.7. The fourth-order valence-corrected chi connectivity index (χ4v) is 3.34. The fourth-order valence-electron chi connectivity index (χ4n) is 3.34. The molecule has 0 N–H and O–H groups in total. The number of carbonyl (C=O) groups excluding carboxylic acids is 1. The van der Waals surface area contributed by atoms with Crippen molar-refractivity contribution in [3.05, 3.63) is 123 Å². The molecule has 34 heavy (non-hydrogen) atoms. The van der Waals surface area contributed by atoms with Gasteiger partial charge in [0.2, 0.25) is 0 Å². The molecule has 172 valence electrons. The molecule has 0 amide bonds. The van der Waals surface area contributed by atoms with Gasteiger partial charge in [0, 0.05) is 29.7 Å². The second kappa shape index (κ2) is 11.5. The minimum Gasteiger partial charge on any atom is -0.318 e. The lowest BCUT2D eigenvalue weighted by molar-refractivity contribution is -0.384. The van der Waals surface area contributed by atoms with Crippen LogP contribution in [0.2, 0.25) is 0 Å². The molecule has 0 radical (unpaired) electrons. The zero-order valence-electron chi connectivity index (χ0n) is 19.4. The molecule has 0 bridgehead atoms. The van der Waals surface area contributed by atoms with E-state index in [0.29, 0.717) is 5.71 Å². The van der Waals surface area contributed by atoms with Gasteiger partial charge >= 0.3 is 5.97 Å². The Morgan fingerprint density at radius 1 is 0.941 bits per heavy atom. The van der Waals surface area contributed by atoms with Crippen molar-refractivity contribution in [3.63, 3.8) is 0 Å². The number of oxime groups is 1. The van der Waals surface area contributed by atoms with E-state index in [4.69, 9.17) is 4.84 Å². The SMILES string of the molecule is CCC(=O)O/N=C(/C(=C/C=C(/C)c1ccc([N+](=O)[O-])cc1)c1ccccc1C)c1ccccc1. The summed E-state index contributed by atoms with van der Waals surface area (Å²) >= 11 is 0. The number of carbonyl (C=O) groups is 1.